The highest BCUT2D eigenvalue weighted by Gasteiger charge is 2.31. The number of urea groups is 1. The molecule has 10 heteroatoms. The number of hydrogen-bond donors (Lipinski definition) is 2. The molecule has 0 unspecified atom stereocenters. The van der Waals surface area contributed by atoms with Crippen LogP contribution in [0.15, 0.2) is 29.2 Å². The van der Waals surface area contributed by atoms with E-state index in [4.69, 9.17) is 11.6 Å². The number of anilines is 1. The fraction of sp³-hybridized carbons (Fsp3) is 0.444. The van der Waals surface area contributed by atoms with Crippen molar-refractivity contribution in [3.05, 3.63) is 39.9 Å². The Labute approximate surface area is 173 Å². The van der Waals surface area contributed by atoms with Crippen molar-refractivity contribution >= 4 is 44.1 Å². The number of hydrogen-bond acceptors (Lipinski definition) is 5. The molecule has 1 saturated carbocycles. The molecule has 0 saturated heterocycles. The highest BCUT2D eigenvalue weighted by molar-refractivity contribution is 7.89. The maximum absolute atomic E-state index is 12.9. The van der Waals surface area contributed by atoms with E-state index in [-0.39, 0.29) is 23.5 Å². The molecule has 1 aromatic carbocycles. The molecule has 2 heterocycles. The first-order valence-corrected chi connectivity index (χ1v) is 11.9. The number of rotatable bonds is 4. The molecule has 0 atom stereocenters. The normalized spacial score (nSPS) is 18.0. The van der Waals surface area contributed by atoms with Crippen LogP contribution in [-0.2, 0) is 23.0 Å². The highest BCUT2D eigenvalue weighted by atomic mass is 35.5. The molecule has 0 radical (unpaired) electrons. The van der Waals surface area contributed by atoms with E-state index in [1.807, 2.05) is 0 Å². The molecule has 1 aliphatic carbocycles. The van der Waals surface area contributed by atoms with Crippen molar-refractivity contribution in [2.24, 2.45) is 0 Å². The van der Waals surface area contributed by atoms with Gasteiger partial charge in [-0.05, 0) is 31.0 Å². The minimum atomic E-state index is -3.63. The van der Waals surface area contributed by atoms with Crippen LogP contribution in [0.2, 0.25) is 5.02 Å². The molecule has 2 aliphatic rings. The minimum absolute atomic E-state index is 0.183. The van der Waals surface area contributed by atoms with Gasteiger partial charge in [0.15, 0.2) is 5.13 Å². The van der Waals surface area contributed by atoms with Gasteiger partial charge in [-0.3, -0.25) is 5.32 Å². The summed E-state index contributed by atoms with van der Waals surface area (Å²) in [4.78, 5) is 17.7. The van der Waals surface area contributed by atoms with Crippen LogP contribution in [0.3, 0.4) is 0 Å². The van der Waals surface area contributed by atoms with E-state index in [2.05, 4.69) is 15.6 Å². The lowest BCUT2D eigenvalue weighted by Gasteiger charge is -2.25. The molecular weight excluding hydrogens is 420 g/mol. The Morgan fingerprint density at radius 3 is 2.82 bits per heavy atom. The Balaban J connectivity index is 1.45. The van der Waals surface area contributed by atoms with Gasteiger partial charge in [0.05, 0.1) is 17.1 Å². The van der Waals surface area contributed by atoms with Crippen LogP contribution in [-0.4, -0.2) is 36.3 Å². The van der Waals surface area contributed by atoms with Gasteiger partial charge >= 0.3 is 6.03 Å². The Hall–Kier alpha value is -1.68. The monoisotopic (exact) mass is 440 g/mol. The lowest BCUT2D eigenvalue weighted by molar-refractivity contribution is 0.248. The number of aromatic nitrogens is 1. The summed E-state index contributed by atoms with van der Waals surface area (Å²) in [5.41, 5.74) is 0.846. The Kier molecular flexibility index (Phi) is 5.59. The molecule has 1 aliphatic heterocycles. The average Bonchev–Trinajstić information content (AvgIpc) is 3.29. The van der Waals surface area contributed by atoms with Crippen LogP contribution in [0.1, 0.15) is 36.3 Å². The van der Waals surface area contributed by atoms with Crippen molar-refractivity contribution < 1.29 is 13.2 Å². The fourth-order valence-electron chi connectivity index (χ4n) is 3.60. The zero-order chi connectivity index (χ0) is 19.7. The van der Waals surface area contributed by atoms with Crippen LogP contribution >= 0.6 is 22.9 Å². The van der Waals surface area contributed by atoms with Crippen LogP contribution < -0.4 is 10.6 Å². The highest BCUT2D eigenvalue weighted by Crippen LogP contribution is 2.31. The van der Waals surface area contributed by atoms with Gasteiger partial charge in [-0.2, -0.15) is 4.31 Å². The van der Waals surface area contributed by atoms with Gasteiger partial charge in [0.2, 0.25) is 10.0 Å². The van der Waals surface area contributed by atoms with E-state index < -0.39 is 10.0 Å². The number of nitrogens with one attached hydrogen (secondary N) is 2. The smallest absolute Gasteiger partial charge is 0.321 e. The van der Waals surface area contributed by atoms with E-state index in [1.54, 1.807) is 18.2 Å². The second-order valence-corrected chi connectivity index (χ2v) is 10.5. The zero-order valence-electron chi connectivity index (χ0n) is 15.2. The van der Waals surface area contributed by atoms with Crippen molar-refractivity contribution in [1.29, 1.82) is 0 Å². The quantitative estimate of drug-likeness (QED) is 0.759. The number of sulfonamides is 1. The average molecular weight is 441 g/mol. The molecule has 28 heavy (non-hydrogen) atoms. The summed E-state index contributed by atoms with van der Waals surface area (Å²) in [7, 11) is -3.63. The van der Waals surface area contributed by atoms with E-state index in [1.165, 1.54) is 21.7 Å². The number of halogens is 1. The van der Waals surface area contributed by atoms with Crippen molar-refractivity contribution in [2.45, 2.75) is 49.6 Å². The largest absolute Gasteiger partial charge is 0.335 e. The van der Waals surface area contributed by atoms with E-state index >= 15 is 0 Å². The predicted molar refractivity (Wildman–Crippen MR) is 109 cm³/mol. The second kappa shape index (κ2) is 7.98. The third kappa shape index (κ3) is 4.17. The predicted octanol–water partition coefficient (Wildman–Crippen LogP) is 3.61. The molecule has 4 rings (SSSR count). The fourth-order valence-corrected chi connectivity index (χ4v) is 6.41. The maximum atomic E-state index is 12.9. The van der Waals surface area contributed by atoms with Crippen molar-refractivity contribution in [3.8, 4) is 0 Å². The summed E-state index contributed by atoms with van der Waals surface area (Å²) < 4.78 is 27.2. The van der Waals surface area contributed by atoms with Crippen molar-refractivity contribution in [3.63, 3.8) is 0 Å². The van der Waals surface area contributed by atoms with Crippen LogP contribution in [0.5, 0.6) is 0 Å². The Bertz CT molecular complexity index is 986. The van der Waals surface area contributed by atoms with Crippen LogP contribution in [0.25, 0.3) is 0 Å². The van der Waals surface area contributed by atoms with Crippen molar-refractivity contribution in [2.75, 3.05) is 11.9 Å². The molecule has 0 bridgehead atoms. The van der Waals surface area contributed by atoms with Crippen LogP contribution in [0.4, 0.5) is 9.93 Å². The van der Waals surface area contributed by atoms with Gasteiger partial charge in [0.25, 0.3) is 0 Å². The summed E-state index contributed by atoms with van der Waals surface area (Å²) >= 11 is 7.27. The number of fused-ring (bicyclic) bond motifs is 1. The number of thiazole rings is 1. The zero-order valence-corrected chi connectivity index (χ0v) is 17.5. The Morgan fingerprint density at radius 2 is 2.07 bits per heavy atom. The summed E-state index contributed by atoms with van der Waals surface area (Å²) in [6.07, 6.45) is 4.83. The lowest BCUT2D eigenvalue weighted by atomic mass is 10.2. The SMILES string of the molecule is O=C(Nc1nc2c(s1)CN(S(=O)(=O)c1cccc(Cl)c1)CC2)NC1CCCC1. The Morgan fingerprint density at radius 1 is 1.29 bits per heavy atom. The van der Waals surface area contributed by atoms with Crippen molar-refractivity contribution in [1.82, 2.24) is 14.6 Å². The number of nitrogens with zero attached hydrogens (tertiary/aromatic N) is 2. The molecular formula is C18H21ClN4O3S2. The first-order chi connectivity index (χ1) is 13.4. The summed E-state index contributed by atoms with van der Waals surface area (Å²) in [5, 5.41) is 6.64. The number of benzene rings is 1. The maximum Gasteiger partial charge on any atom is 0.321 e. The van der Waals surface area contributed by atoms with Gasteiger partial charge in [0, 0.05) is 28.9 Å². The summed E-state index contributed by atoms with van der Waals surface area (Å²) in [6, 6.07) is 6.26. The first kappa shape index (κ1) is 19.6. The molecule has 2 amide bonds. The van der Waals surface area contributed by atoms with Crippen LogP contribution in [0, 0.1) is 0 Å². The molecule has 1 aromatic heterocycles. The molecule has 1 fully saturated rings. The minimum Gasteiger partial charge on any atom is -0.335 e. The topological polar surface area (TPSA) is 91.4 Å². The van der Waals surface area contributed by atoms with Gasteiger partial charge in [0.1, 0.15) is 0 Å². The standard InChI is InChI=1S/C18H21ClN4O3S2/c19-12-4-3-7-14(10-12)28(25,26)23-9-8-15-16(11-23)27-18(21-15)22-17(24)20-13-5-1-2-6-13/h3-4,7,10,13H,1-2,5-6,8-9,11H2,(H2,20,21,22,24). The number of carbonyl (C=O) groups excluding carboxylic acids is 1. The number of amides is 2. The van der Waals surface area contributed by atoms with E-state index in [0.29, 0.717) is 23.1 Å². The van der Waals surface area contributed by atoms with Gasteiger partial charge < -0.3 is 5.32 Å². The third-order valence-electron chi connectivity index (χ3n) is 5.04. The van der Waals surface area contributed by atoms with Gasteiger partial charge in [-0.15, -0.1) is 0 Å². The molecule has 0 spiro atoms. The summed E-state index contributed by atoms with van der Waals surface area (Å²) in [5.74, 6) is 0. The molecule has 2 N–H and O–H groups in total. The van der Waals surface area contributed by atoms with E-state index in [0.717, 1.165) is 36.3 Å². The molecule has 150 valence electrons. The first-order valence-electron chi connectivity index (χ1n) is 9.23. The second-order valence-electron chi connectivity index (χ2n) is 7.01. The molecule has 2 aromatic rings. The number of carbonyl (C=O) groups is 1. The van der Waals surface area contributed by atoms with Gasteiger partial charge in [-0.25, -0.2) is 18.2 Å². The van der Waals surface area contributed by atoms with E-state index in [9.17, 15) is 13.2 Å². The summed E-state index contributed by atoms with van der Waals surface area (Å²) in [6.45, 7) is 0.590. The molecule has 7 nitrogen and oxygen atoms in total. The third-order valence-corrected chi connectivity index (χ3v) is 8.12. The van der Waals surface area contributed by atoms with Gasteiger partial charge in [-0.1, -0.05) is 41.8 Å². The lowest BCUT2D eigenvalue weighted by Crippen LogP contribution is -2.36.